The maximum atomic E-state index is 13.0. The topological polar surface area (TPSA) is 168 Å². The van der Waals surface area contributed by atoms with Crippen molar-refractivity contribution >= 4 is 17.5 Å². The Bertz CT molecular complexity index is 1620. The summed E-state index contributed by atoms with van der Waals surface area (Å²) in [6.45, 7) is 6.11. The summed E-state index contributed by atoms with van der Waals surface area (Å²) in [5.74, 6) is 1.64. The maximum absolute atomic E-state index is 13.0. The van der Waals surface area contributed by atoms with Gasteiger partial charge in [-0.1, -0.05) is 12.1 Å². The molecular formula is C29H33N7O6. The first kappa shape index (κ1) is 28.5. The molecule has 1 aliphatic rings. The van der Waals surface area contributed by atoms with E-state index in [4.69, 9.17) is 24.7 Å². The van der Waals surface area contributed by atoms with Gasteiger partial charge in [-0.25, -0.2) is 14.6 Å². The van der Waals surface area contributed by atoms with Crippen LogP contribution in [0.4, 0.5) is 16.2 Å². The highest BCUT2D eigenvalue weighted by molar-refractivity contribution is 5.67. The van der Waals surface area contributed by atoms with E-state index in [2.05, 4.69) is 25.7 Å². The number of pyridine rings is 1. The van der Waals surface area contributed by atoms with Crippen molar-refractivity contribution in [3.63, 3.8) is 0 Å². The number of amides is 1. The van der Waals surface area contributed by atoms with E-state index in [9.17, 15) is 9.59 Å². The predicted octanol–water partition coefficient (Wildman–Crippen LogP) is 3.64. The van der Waals surface area contributed by atoms with Crippen LogP contribution < -0.4 is 31.5 Å². The van der Waals surface area contributed by atoms with Gasteiger partial charge in [0.15, 0.2) is 29.9 Å². The lowest BCUT2D eigenvalue weighted by atomic mass is 10.0. The number of H-pyrrole nitrogens is 1. The third-order valence-corrected chi connectivity index (χ3v) is 6.25. The summed E-state index contributed by atoms with van der Waals surface area (Å²) in [6, 6.07) is 13.9. The Morgan fingerprint density at radius 1 is 1.21 bits per heavy atom. The van der Waals surface area contributed by atoms with Crippen LogP contribution in [0.25, 0.3) is 5.82 Å². The molecule has 0 spiro atoms. The highest BCUT2D eigenvalue weighted by atomic mass is 16.7. The van der Waals surface area contributed by atoms with Crippen LogP contribution >= 0.6 is 0 Å². The largest absolute Gasteiger partial charge is 0.493 e. The number of aromatic nitrogens is 4. The molecule has 13 nitrogen and oxygen atoms in total. The zero-order chi connectivity index (χ0) is 29.9. The number of fused-ring (bicyclic) bond motifs is 1. The number of carbonyl (C=O) groups excluding carboxylic acids is 1. The molecule has 0 aliphatic carbocycles. The van der Waals surface area contributed by atoms with E-state index in [1.165, 1.54) is 6.20 Å². The van der Waals surface area contributed by atoms with Gasteiger partial charge in [0.25, 0.3) is 0 Å². The van der Waals surface area contributed by atoms with Crippen molar-refractivity contribution in [2.24, 2.45) is 0 Å². The van der Waals surface area contributed by atoms with Crippen LogP contribution in [-0.2, 0) is 22.6 Å². The van der Waals surface area contributed by atoms with Crippen LogP contribution in [0, 0.1) is 0 Å². The summed E-state index contributed by atoms with van der Waals surface area (Å²) < 4.78 is 23.3. The van der Waals surface area contributed by atoms with Gasteiger partial charge in [0.05, 0.1) is 19.4 Å². The van der Waals surface area contributed by atoms with Gasteiger partial charge in [0.2, 0.25) is 0 Å². The highest BCUT2D eigenvalue weighted by Gasteiger charge is 2.26. The lowest BCUT2D eigenvalue weighted by molar-refractivity contribution is -0.0180. The number of nitrogens with zero attached hydrogens (tertiary/aromatic N) is 3. The number of rotatable bonds is 8. The molecular weight excluding hydrogens is 542 g/mol. The van der Waals surface area contributed by atoms with Gasteiger partial charge in [0.1, 0.15) is 11.6 Å². The molecule has 2 aromatic heterocycles. The van der Waals surface area contributed by atoms with Crippen LogP contribution in [0.5, 0.6) is 11.5 Å². The molecule has 4 aromatic rings. The molecule has 13 heteroatoms. The van der Waals surface area contributed by atoms with Gasteiger partial charge in [-0.2, -0.15) is 4.68 Å². The van der Waals surface area contributed by atoms with Crippen LogP contribution in [0.3, 0.4) is 0 Å². The van der Waals surface area contributed by atoms with Crippen LogP contribution in [0.2, 0.25) is 0 Å². The highest BCUT2D eigenvalue weighted by Crippen LogP contribution is 2.38. The molecule has 1 unspecified atom stereocenters. The van der Waals surface area contributed by atoms with Gasteiger partial charge in [-0.05, 0) is 68.3 Å². The van der Waals surface area contributed by atoms with Crippen molar-refractivity contribution in [2.45, 2.75) is 45.6 Å². The standard InChI is InChI=1S/C29H33N7O6/c1-29(2,3)42-28(38)32-14-17-7-5-8-20(11-17)33-23(18-12-19-15-40-16-41-24(19)22(13-18)39-4)25-34-27(37)36(35-25)26-21(30)9-6-10-31-26/h5-13,23,33H,14-16,30H2,1-4H3,(H,32,38)(H,34,35,37). The van der Waals surface area contributed by atoms with Crippen LogP contribution in [0.15, 0.2) is 59.5 Å². The number of nitrogens with two attached hydrogens (primary N) is 1. The molecule has 0 fully saturated rings. The van der Waals surface area contributed by atoms with Gasteiger partial charge >= 0.3 is 11.8 Å². The zero-order valence-electron chi connectivity index (χ0n) is 23.8. The number of benzene rings is 2. The number of nitrogen functional groups attached to an aromatic ring is 1. The van der Waals surface area contributed by atoms with Crippen molar-refractivity contribution in [2.75, 3.05) is 25.0 Å². The lowest BCUT2D eigenvalue weighted by Crippen LogP contribution is -2.32. The third kappa shape index (κ3) is 6.47. The first-order chi connectivity index (χ1) is 20.1. The van der Waals surface area contributed by atoms with E-state index < -0.39 is 23.4 Å². The second-order valence-corrected chi connectivity index (χ2v) is 10.6. The van der Waals surface area contributed by atoms with E-state index in [0.717, 1.165) is 21.4 Å². The Labute approximate surface area is 242 Å². The molecule has 220 valence electrons. The summed E-state index contributed by atoms with van der Waals surface area (Å²) in [5, 5.41) is 10.8. The van der Waals surface area contributed by atoms with E-state index in [-0.39, 0.29) is 19.2 Å². The van der Waals surface area contributed by atoms with Crippen molar-refractivity contribution in [3.05, 3.63) is 87.7 Å². The SMILES string of the molecule is COc1cc(C(Nc2cccc(CNC(=O)OC(C)(C)C)c2)c2nn(-c3ncccc3N)c(=O)[nH]2)cc2c1OCOC2. The summed E-state index contributed by atoms with van der Waals surface area (Å²) in [6.07, 6.45) is 1.02. The Morgan fingerprint density at radius 2 is 2.05 bits per heavy atom. The van der Waals surface area contributed by atoms with Gasteiger partial charge in [0, 0.05) is 24.0 Å². The lowest BCUT2D eigenvalue weighted by Gasteiger charge is -2.24. The number of hydrogen-bond acceptors (Lipinski definition) is 10. The predicted molar refractivity (Wildman–Crippen MR) is 155 cm³/mol. The zero-order valence-corrected chi connectivity index (χ0v) is 23.8. The fraction of sp³-hybridized carbons (Fsp3) is 0.310. The minimum absolute atomic E-state index is 0.123. The molecule has 3 heterocycles. The normalized spacial score (nSPS) is 13.4. The van der Waals surface area contributed by atoms with E-state index >= 15 is 0 Å². The summed E-state index contributed by atoms with van der Waals surface area (Å²) in [4.78, 5) is 32.3. The molecule has 0 bridgehead atoms. The monoisotopic (exact) mass is 575 g/mol. The minimum Gasteiger partial charge on any atom is -0.493 e. The number of hydrogen-bond donors (Lipinski definition) is 4. The third-order valence-electron chi connectivity index (χ3n) is 6.25. The second-order valence-electron chi connectivity index (χ2n) is 10.6. The summed E-state index contributed by atoms with van der Waals surface area (Å²) in [7, 11) is 1.56. The number of alkyl carbamates (subject to hydrolysis) is 1. The van der Waals surface area contributed by atoms with E-state index in [1.54, 1.807) is 40.0 Å². The fourth-order valence-electron chi connectivity index (χ4n) is 4.46. The average molecular weight is 576 g/mol. The Hall–Kier alpha value is -5.04. The molecule has 1 amide bonds. The molecule has 0 saturated heterocycles. The number of aromatic amines is 1. The Balaban J connectivity index is 1.51. The molecule has 0 radical (unpaired) electrons. The van der Waals surface area contributed by atoms with E-state index in [0.29, 0.717) is 35.3 Å². The molecule has 5 N–H and O–H groups in total. The number of carbonyl (C=O) groups is 1. The van der Waals surface area contributed by atoms with Crippen molar-refractivity contribution in [1.82, 2.24) is 25.1 Å². The molecule has 2 aromatic carbocycles. The smallest absolute Gasteiger partial charge is 0.407 e. The number of ether oxygens (including phenoxy) is 4. The van der Waals surface area contributed by atoms with Crippen LogP contribution in [-0.4, -0.2) is 45.3 Å². The first-order valence-electron chi connectivity index (χ1n) is 13.2. The number of methoxy groups -OCH3 is 1. The molecule has 1 atom stereocenters. The molecule has 1 aliphatic heterocycles. The fourth-order valence-corrected chi connectivity index (χ4v) is 4.46. The van der Waals surface area contributed by atoms with Gasteiger partial charge in [-0.15, -0.1) is 5.10 Å². The molecule has 42 heavy (non-hydrogen) atoms. The quantitative estimate of drug-likeness (QED) is 0.243. The summed E-state index contributed by atoms with van der Waals surface area (Å²) in [5.41, 5.74) is 8.33. The molecule has 0 saturated carbocycles. The molecule has 5 rings (SSSR count). The number of anilines is 2. The first-order valence-corrected chi connectivity index (χ1v) is 13.2. The van der Waals surface area contributed by atoms with Crippen molar-refractivity contribution in [3.8, 4) is 17.3 Å². The Kier molecular flexibility index (Phi) is 8.02. The van der Waals surface area contributed by atoms with Crippen LogP contribution in [0.1, 0.15) is 49.3 Å². The Morgan fingerprint density at radius 3 is 2.81 bits per heavy atom. The van der Waals surface area contributed by atoms with Crippen molar-refractivity contribution < 1.29 is 23.7 Å². The number of nitrogens with one attached hydrogen (secondary N) is 3. The van der Waals surface area contributed by atoms with Gasteiger partial charge in [-0.3, -0.25) is 4.98 Å². The van der Waals surface area contributed by atoms with Gasteiger partial charge < -0.3 is 35.3 Å². The van der Waals surface area contributed by atoms with E-state index in [1.807, 2.05) is 36.4 Å². The maximum Gasteiger partial charge on any atom is 0.407 e. The van der Waals surface area contributed by atoms with Crippen molar-refractivity contribution in [1.29, 1.82) is 0 Å². The second kappa shape index (κ2) is 11.8. The minimum atomic E-state index is -0.654. The summed E-state index contributed by atoms with van der Waals surface area (Å²) >= 11 is 0. The average Bonchev–Trinajstić information content (AvgIpc) is 3.34.